The van der Waals surface area contributed by atoms with Gasteiger partial charge in [-0.1, -0.05) is 39.8 Å². The number of nitrogens with zero attached hydrogens (tertiary/aromatic N) is 3. The average Bonchev–Trinajstić information content (AvgIpc) is 3.05. The van der Waals surface area contributed by atoms with Crippen molar-refractivity contribution in [3.05, 3.63) is 42.0 Å². The van der Waals surface area contributed by atoms with Crippen LogP contribution >= 0.6 is 0 Å². The van der Waals surface area contributed by atoms with Crippen LogP contribution in [0.3, 0.4) is 0 Å². The van der Waals surface area contributed by atoms with E-state index in [4.69, 9.17) is 4.74 Å². The topological polar surface area (TPSA) is 77.2 Å². The molecule has 0 radical (unpaired) electrons. The summed E-state index contributed by atoms with van der Waals surface area (Å²) in [4.78, 5) is 14.0. The lowest BCUT2D eigenvalue weighted by Crippen LogP contribution is -2.28. The Morgan fingerprint density at radius 3 is 2.14 bits per heavy atom. The summed E-state index contributed by atoms with van der Waals surface area (Å²) >= 11 is 0. The number of esters is 1. The molecule has 0 amide bonds. The Balaban J connectivity index is 2.14. The summed E-state index contributed by atoms with van der Waals surface area (Å²) < 4.78 is 5.68. The zero-order valence-electron chi connectivity index (χ0n) is 17.3. The van der Waals surface area contributed by atoms with Crippen LogP contribution in [0.5, 0.6) is 11.5 Å². The molecule has 0 spiro atoms. The van der Waals surface area contributed by atoms with Gasteiger partial charge in [0.1, 0.15) is 28.2 Å². The third-order valence-corrected chi connectivity index (χ3v) is 5.02. The molecule has 3 aromatic rings. The second-order valence-electron chi connectivity index (χ2n) is 8.69. The molecule has 3 rings (SSSR count). The standard InChI is InChI=1S/C22H27N3O3/c1-7-22(5,6)20(27)28-14-12-15(21(2,3)4)19(26)18(13-14)25-23-16-10-8-9-11-17(16)24-25/h8-13,26H,7H2,1-6H3. The summed E-state index contributed by atoms with van der Waals surface area (Å²) in [7, 11) is 0. The monoisotopic (exact) mass is 381 g/mol. The molecular weight excluding hydrogens is 354 g/mol. The molecule has 0 aliphatic heterocycles. The second-order valence-corrected chi connectivity index (χ2v) is 8.69. The van der Waals surface area contributed by atoms with Crippen LogP contribution in [-0.4, -0.2) is 26.1 Å². The van der Waals surface area contributed by atoms with Crippen LogP contribution in [0, 0.1) is 5.41 Å². The lowest BCUT2D eigenvalue weighted by molar-refractivity contribution is -0.144. The highest BCUT2D eigenvalue weighted by molar-refractivity contribution is 5.79. The zero-order valence-corrected chi connectivity index (χ0v) is 17.3. The van der Waals surface area contributed by atoms with Crippen LogP contribution in [0.25, 0.3) is 16.7 Å². The van der Waals surface area contributed by atoms with Gasteiger partial charge < -0.3 is 9.84 Å². The van der Waals surface area contributed by atoms with Crippen LogP contribution in [0.1, 0.15) is 53.5 Å². The van der Waals surface area contributed by atoms with Crippen molar-refractivity contribution in [3.8, 4) is 17.2 Å². The first-order chi connectivity index (χ1) is 13.0. The van der Waals surface area contributed by atoms with Crippen LogP contribution in [0.4, 0.5) is 0 Å². The minimum absolute atomic E-state index is 0.0716. The number of benzene rings is 2. The number of hydrogen-bond acceptors (Lipinski definition) is 5. The lowest BCUT2D eigenvalue weighted by Gasteiger charge is -2.24. The summed E-state index contributed by atoms with van der Waals surface area (Å²) in [6, 6.07) is 10.8. The van der Waals surface area contributed by atoms with Crippen molar-refractivity contribution >= 4 is 17.0 Å². The maximum absolute atomic E-state index is 12.6. The van der Waals surface area contributed by atoms with Gasteiger partial charge in [-0.2, -0.15) is 0 Å². The van der Waals surface area contributed by atoms with E-state index in [-0.39, 0.29) is 17.1 Å². The minimum Gasteiger partial charge on any atom is -0.505 e. The van der Waals surface area contributed by atoms with Crippen LogP contribution in [0.15, 0.2) is 36.4 Å². The minimum atomic E-state index is -0.599. The molecule has 1 aromatic heterocycles. The Hall–Kier alpha value is -2.89. The first kappa shape index (κ1) is 19.9. The summed E-state index contributed by atoms with van der Waals surface area (Å²) in [6.07, 6.45) is 0.662. The van der Waals surface area contributed by atoms with E-state index in [1.54, 1.807) is 12.1 Å². The van der Waals surface area contributed by atoms with E-state index in [9.17, 15) is 9.90 Å². The summed E-state index contributed by atoms with van der Waals surface area (Å²) in [6.45, 7) is 11.6. The van der Waals surface area contributed by atoms with Gasteiger partial charge in [-0.05, 0) is 43.9 Å². The van der Waals surface area contributed by atoms with Gasteiger partial charge >= 0.3 is 5.97 Å². The number of phenolic OH excluding ortho intramolecular Hbond substituents is 1. The quantitative estimate of drug-likeness (QED) is 0.520. The number of carbonyl (C=O) groups is 1. The van der Waals surface area contributed by atoms with Gasteiger partial charge in [0.2, 0.25) is 0 Å². The van der Waals surface area contributed by atoms with Crippen LogP contribution in [-0.2, 0) is 10.2 Å². The normalized spacial score (nSPS) is 12.4. The molecular formula is C22H27N3O3. The highest BCUT2D eigenvalue weighted by atomic mass is 16.5. The van der Waals surface area contributed by atoms with Crippen molar-refractivity contribution in [1.29, 1.82) is 0 Å². The highest BCUT2D eigenvalue weighted by Gasteiger charge is 2.29. The number of phenols is 1. The fraction of sp³-hybridized carbons (Fsp3) is 0.409. The summed E-state index contributed by atoms with van der Waals surface area (Å²) in [5.74, 6) is 0.123. The van der Waals surface area contributed by atoms with Gasteiger partial charge in [-0.25, -0.2) is 0 Å². The van der Waals surface area contributed by atoms with Gasteiger partial charge in [0.05, 0.1) is 5.41 Å². The Bertz CT molecular complexity index is 996. The number of rotatable bonds is 4. The van der Waals surface area contributed by atoms with Crippen molar-refractivity contribution in [2.45, 2.75) is 53.4 Å². The molecule has 0 unspecified atom stereocenters. The molecule has 0 fully saturated rings. The molecule has 148 valence electrons. The fourth-order valence-corrected chi connectivity index (χ4v) is 2.73. The third-order valence-electron chi connectivity index (χ3n) is 5.02. The van der Waals surface area contributed by atoms with E-state index in [1.165, 1.54) is 4.80 Å². The maximum Gasteiger partial charge on any atom is 0.316 e. The zero-order chi connectivity index (χ0) is 20.7. The number of hydrogen-bond donors (Lipinski definition) is 1. The molecule has 0 saturated heterocycles. The molecule has 1 heterocycles. The van der Waals surface area contributed by atoms with Crippen molar-refractivity contribution < 1.29 is 14.6 Å². The molecule has 1 N–H and O–H groups in total. The Kier molecular flexibility index (Phi) is 4.91. The SMILES string of the molecule is CCC(C)(C)C(=O)Oc1cc(-n2nc3ccccc3n2)c(O)c(C(C)(C)C)c1. The Morgan fingerprint density at radius 1 is 1.07 bits per heavy atom. The third kappa shape index (κ3) is 3.72. The molecule has 0 aliphatic rings. The molecule has 28 heavy (non-hydrogen) atoms. The van der Waals surface area contributed by atoms with Gasteiger partial charge in [0, 0.05) is 11.6 Å². The van der Waals surface area contributed by atoms with Gasteiger partial charge in [-0.3, -0.25) is 4.79 Å². The summed E-state index contributed by atoms with van der Waals surface area (Å²) in [5.41, 5.74) is 1.50. The number of ether oxygens (including phenoxy) is 1. The van der Waals surface area contributed by atoms with E-state index in [2.05, 4.69) is 10.2 Å². The Labute approximate surface area is 165 Å². The summed E-state index contributed by atoms with van der Waals surface area (Å²) in [5, 5.41) is 19.8. The van der Waals surface area contributed by atoms with Crippen LogP contribution < -0.4 is 4.74 Å². The molecule has 0 bridgehead atoms. The van der Waals surface area contributed by atoms with Crippen LogP contribution in [0.2, 0.25) is 0 Å². The average molecular weight is 381 g/mol. The van der Waals surface area contributed by atoms with Crippen molar-refractivity contribution in [2.75, 3.05) is 0 Å². The molecule has 2 aromatic carbocycles. The van der Waals surface area contributed by atoms with E-state index in [1.807, 2.05) is 65.8 Å². The second kappa shape index (κ2) is 6.93. The van der Waals surface area contributed by atoms with Crippen molar-refractivity contribution in [3.63, 3.8) is 0 Å². The molecule has 0 saturated carbocycles. The molecule has 0 atom stereocenters. The smallest absolute Gasteiger partial charge is 0.316 e. The molecule has 0 aliphatic carbocycles. The van der Waals surface area contributed by atoms with Crippen molar-refractivity contribution in [2.24, 2.45) is 5.41 Å². The number of fused-ring (bicyclic) bond motifs is 1. The van der Waals surface area contributed by atoms with E-state index in [0.29, 0.717) is 34.5 Å². The van der Waals surface area contributed by atoms with Gasteiger partial charge in [-0.15, -0.1) is 15.0 Å². The lowest BCUT2D eigenvalue weighted by atomic mass is 9.85. The predicted molar refractivity (Wildman–Crippen MR) is 109 cm³/mol. The first-order valence-electron chi connectivity index (χ1n) is 9.45. The van der Waals surface area contributed by atoms with Gasteiger partial charge in [0.25, 0.3) is 0 Å². The number of carbonyl (C=O) groups excluding carboxylic acids is 1. The van der Waals surface area contributed by atoms with E-state index in [0.717, 1.165) is 0 Å². The Morgan fingerprint density at radius 2 is 1.64 bits per heavy atom. The van der Waals surface area contributed by atoms with E-state index < -0.39 is 5.41 Å². The first-order valence-corrected chi connectivity index (χ1v) is 9.45. The number of aromatic hydroxyl groups is 1. The molecule has 6 nitrogen and oxygen atoms in total. The maximum atomic E-state index is 12.6. The number of aromatic nitrogens is 3. The largest absolute Gasteiger partial charge is 0.505 e. The highest BCUT2D eigenvalue weighted by Crippen LogP contribution is 2.39. The van der Waals surface area contributed by atoms with Crippen molar-refractivity contribution in [1.82, 2.24) is 15.0 Å². The van der Waals surface area contributed by atoms with E-state index >= 15 is 0 Å². The predicted octanol–water partition coefficient (Wildman–Crippen LogP) is 4.77. The fourth-order valence-electron chi connectivity index (χ4n) is 2.73. The molecule has 6 heteroatoms. The van der Waals surface area contributed by atoms with Gasteiger partial charge in [0.15, 0.2) is 0 Å².